The molecular weight excluding hydrogens is 400 g/mol. The third-order valence-corrected chi connectivity index (χ3v) is 6.43. The van der Waals surface area contributed by atoms with Gasteiger partial charge in [-0.25, -0.2) is 8.78 Å². The minimum absolute atomic E-state index is 0.0269. The van der Waals surface area contributed by atoms with Crippen LogP contribution in [0.15, 0.2) is 24.5 Å². The van der Waals surface area contributed by atoms with Crippen molar-refractivity contribution < 1.29 is 13.6 Å². The second-order valence-corrected chi connectivity index (χ2v) is 9.21. The lowest BCUT2D eigenvalue weighted by Crippen LogP contribution is -2.51. The summed E-state index contributed by atoms with van der Waals surface area (Å²) < 4.78 is 26.8. The van der Waals surface area contributed by atoms with Gasteiger partial charge in [0.25, 0.3) is 6.43 Å². The number of benzene rings is 1. The van der Waals surface area contributed by atoms with E-state index < -0.39 is 6.43 Å². The smallest absolute Gasteiger partial charge is 0.266 e. The fraction of sp³-hybridized carbons (Fsp3) is 0.609. The van der Waals surface area contributed by atoms with E-state index in [0.29, 0.717) is 30.3 Å². The van der Waals surface area contributed by atoms with Crippen LogP contribution in [-0.2, 0) is 4.79 Å². The van der Waals surface area contributed by atoms with Gasteiger partial charge in [0, 0.05) is 50.1 Å². The van der Waals surface area contributed by atoms with Crippen molar-refractivity contribution in [3.05, 3.63) is 30.1 Å². The van der Waals surface area contributed by atoms with E-state index in [2.05, 4.69) is 39.1 Å². The van der Waals surface area contributed by atoms with Gasteiger partial charge >= 0.3 is 0 Å². The molecule has 1 unspecified atom stereocenters. The Labute approximate surface area is 182 Å². The topological polar surface area (TPSA) is 61.4 Å². The Morgan fingerprint density at radius 1 is 1.19 bits per heavy atom. The Hall–Kier alpha value is -2.35. The molecule has 6 nitrogen and oxygen atoms in total. The van der Waals surface area contributed by atoms with Crippen molar-refractivity contribution in [1.29, 1.82) is 0 Å². The SMILES string of the molecule is C[C@H]1C[C@@H](NC(=O)CC2CCCN(C)C2)CN(c2ccc(C(F)F)c3nccnc23)C1. The highest BCUT2D eigenvalue weighted by Crippen LogP contribution is 2.33. The largest absolute Gasteiger partial charge is 0.367 e. The maximum atomic E-state index is 13.4. The zero-order chi connectivity index (χ0) is 22.0. The summed E-state index contributed by atoms with van der Waals surface area (Å²) in [5.74, 6) is 0.885. The summed E-state index contributed by atoms with van der Waals surface area (Å²) in [6.45, 7) is 5.67. The Morgan fingerprint density at radius 3 is 2.71 bits per heavy atom. The number of anilines is 1. The van der Waals surface area contributed by atoms with Gasteiger partial charge in [-0.05, 0) is 56.8 Å². The summed E-state index contributed by atoms with van der Waals surface area (Å²) in [5, 5.41) is 3.23. The molecule has 2 fully saturated rings. The Morgan fingerprint density at radius 2 is 1.97 bits per heavy atom. The van der Waals surface area contributed by atoms with Gasteiger partial charge in [-0.2, -0.15) is 0 Å². The van der Waals surface area contributed by atoms with Crippen LogP contribution in [0.4, 0.5) is 14.5 Å². The number of halogens is 2. The van der Waals surface area contributed by atoms with Gasteiger partial charge in [-0.3, -0.25) is 14.8 Å². The molecule has 2 aromatic rings. The molecule has 0 radical (unpaired) electrons. The molecule has 0 spiro atoms. The molecule has 1 aromatic carbocycles. The minimum atomic E-state index is -2.60. The molecule has 4 rings (SSSR count). The third-order valence-electron chi connectivity index (χ3n) is 6.43. The minimum Gasteiger partial charge on any atom is -0.367 e. The quantitative estimate of drug-likeness (QED) is 0.783. The van der Waals surface area contributed by atoms with Crippen molar-refractivity contribution in [2.24, 2.45) is 11.8 Å². The van der Waals surface area contributed by atoms with Crippen molar-refractivity contribution in [1.82, 2.24) is 20.2 Å². The predicted octanol–water partition coefficient (Wildman–Crippen LogP) is 3.63. The summed E-state index contributed by atoms with van der Waals surface area (Å²) in [5.41, 5.74) is 1.44. The highest BCUT2D eigenvalue weighted by Gasteiger charge is 2.29. The number of fused-ring (bicyclic) bond motifs is 1. The maximum absolute atomic E-state index is 13.4. The zero-order valence-electron chi connectivity index (χ0n) is 18.2. The average Bonchev–Trinajstić information content (AvgIpc) is 2.72. The summed E-state index contributed by atoms with van der Waals surface area (Å²) in [6, 6.07) is 3.19. The lowest BCUT2D eigenvalue weighted by Gasteiger charge is -2.39. The maximum Gasteiger partial charge on any atom is 0.266 e. The zero-order valence-corrected chi connectivity index (χ0v) is 18.2. The molecule has 1 N–H and O–H groups in total. The van der Waals surface area contributed by atoms with Gasteiger partial charge in [0.1, 0.15) is 5.52 Å². The molecule has 31 heavy (non-hydrogen) atoms. The van der Waals surface area contributed by atoms with Crippen LogP contribution in [0.1, 0.15) is 44.6 Å². The standard InChI is InChI=1S/C23H31F2N5O/c1-15-10-17(28-20(31)11-16-4-3-9-29(2)13-16)14-30(12-15)19-6-5-18(23(24)25)21-22(19)27-8-7-26-21/h5-8,15-17,23H,3-4,9-14H2,1-2H3,(H,28,31)/t15-,16?,17+/m0/s1. The molecule has 0 bridgehead atoms. The summed E-state index contributed by atoms with van der Waals surface area (Å²) in [6.07, 6.45) is 4.10. The van der Waals surface area contributed by atoms with Gasteiger partial charge < -0.3 is 15.1 Å². The van der Waals surface area contributed by atoms with Crippen molar-refractivity contribution >= 4 is 22.6 Å². The van der Waals surface area contributed by atoms with E-state index >= 15 is 0 Å². The number of carbonyl (C=O) groups excluding carboxylic acids is 1. The molecule has 8 heteroatoms. The number of hydrogen-bond donors (Lipinski definition) is 1. The number of alkyl halides is 2. The van der Waals surface area contributed by atoms with Gasteiger partial charge in [-0.1, -0.05) is 6.92 Å². The molecule has 168 valence electrons. The molecule has 2 saturated heterocycles. The first-order valence-electron chi connectivity index (χ1n) is 11.1. The third kappa shape index (κ3) is 5.11. The van der Waals surface area contributed by atoms with Gasteiger partial charge in [-0.15, -0.1) is 0 Å². The number of rotatable bonds is 5. The number of aromatic nitrogens is 2. The number of piperidine rings is 2. The number of amides is 1. The van der Waals surface area contributed by atoms with Crippen LogP contribution in [-0.4, -0.2) is 60.0 Å². The number of nitrogens with one attached hydrogen (secondary N) is 1. The fourth-order valence-electron chi connectivity index (χ4n) is 5.14. The Bertz CT molecular complexity index is 924. The molecule has 3 heterocycles. The highest BCUT2D eigenvalue weighted by molar-refractivity contribution is 5.90. The molecule has 1 amide bonds. The molecule has 3 atom stereocenters. The summed E-state index contributed by atoms with van der Waals surface area (Å²) in [4.78, 5) is 25.7. The van der Waals surface area contributed by atoms with Crippen LogP contribution >= 0.6 is 0 Å². The second-order valence-electron chi connectivity index (χ2n) is 9.21. The van der Waals surface area contributed by atoms with E-state index in [1.54, 1.807) is 6.07 Å². The van der Waals surface area contributed by atoms with Gasteiger partial charge in [0.15, 0.2) is 0 Å². The molecular formula is C23H31F2N5O. The van der Waals surface area contributed by atoms with Crippen LogP contribution in [0.2, 0.25) is 0 Å². The molecule has 1 aromatic heterocycles. The number of likely N-dealkylation sites (tertiary alicyclic amines) is 1. The monoisotopic (exact) mass is 431 g/mol. The number of nitrogens with zero attached hydrogens (tertiary/aromatic N) is 4. The average molecular weight is 432 g/mol. The van der Waals surface area contributed by atoms with Crippen molar-refractivity contribution in [2.75, 3.05) is 38.1 Å². The van der Waals surface area contributed by atoms with Crippen molar-refractivity contribution in [2.45, 2.75) is 45.1 Å². The number of carbonyl (C=O) groups is 1. The molecule has 0 saturated carbocycles. The van der Waals surface area contributed by atoms with Crippen LogP contribution in [0.5, 0.6) is 0 Å². The van der Waals surface area contributed by atoms with Crippen LogP contribution in [0.3, 0.4) is 0 Å². The van der Waals surface area contributed by atoms with E-state index in [1.165, 1.54) is 18.5 Å². The first-order valence-corrected chi connectivity index (χ1v) is 11.1. The van der Waals surface area contributed by atoms with E-state index in [0.717, 1.165) is 44.6 Å². The van der Waals surface area contributed by atoms with Crippen LogP contribution in [0.25, 0.3) is 11.0 Å². The Kier molecular flexibility index (Phi) is 6.65. The predicted molar refractivity (Wildman–Crippen MR) is 117 cm³/mol. The fourth-order valence-corrected chi connectivity index (χ4v) is 5.14. The Balaban J connectivity index is 1.48. The molecule has 2 aliphatic heterocycles. The van der Waals surface area contributed by atoms with Gasteiger partial charge in [0.05, 0.1) is 11.2 Å². The first kappa shape index (κ1) is 21.9. The summed E-state index contributed by atoms with van der Waals surface area (Å²) in [7, 11) is 2.11. The second kappa shape index (κ2) is 9.42. The van der Waals surface area contributed by atoms with Crippen molar-refractivity contribution in [3.8, 4) is 0 Å². The van der Waals surface area contributed by atoms with E-state index in [4.69, 9.17) is 0 Å². The normalized spacial score (nSPS) is 25.2. The van der Waals surface area contributed by atoms with Crippen LogP contribution < -0.4 is 10.2 Å². The highest BCUT2D eigenvalue weighted by atomic mass is 19.3. The molecule has 0 aliphatic carbocycles. The van der Waals surface area contributed by atoms with E-state index in [1.807, 2.05) is 0 Å². The lowest BCUT2D eigenvalue weighted by atomic mass is 9.93. The lowest BCUT2D eigenvalue weighted by molar-refractivity contribution is -0.123. The van der Waals surface area contributed by atoms with Gasteiger partial charge in [0.2, 0.25) is 5.91 Å². The van der Waals surface area contributed by atoms with Crippen molar-refractivity contribution in [3.63, 3.8) is 0 Å². The van der Waals surface area contributed by atoms with E-state index in [9.17, 15) is 13.6 Å². The molecule has 2 aliphatic rings. The summed E-state index contributed by atoms with van der Waals surface area (Å²) >= 11 is 0. The van der Waals surface area contributed by atoms with Crippen LogP contribution in [0, 0.1) is 11.8 Å². The van der Waals surface area contributed by atoms with E-state index in [-0.39, 0.29) is 23.0 Å². The first-order chi connectivity index (χ1) is 14.9. The number of hydrogen-bond acceptors (Lipinski definition) is 5.